The van der Waals surface area contributed by atoms with Gasteiger partial charge in [0.1, 0.15) is 17.5 Å². The summed E-state index contributed by atoms with van der Waals surface area (Å²) in [5, 5.41) is 7.70. The second kappa shape index (κ2) is 20.2. The number of halogens is 1. The highest BCUT2D eigenvalue weighted by molar-refractivity contribution is 7.98. The van der Waals surface area contributed by atoms with Gasteiger partial charge in [-0.3, -0.25) is 24.0 Å². The zero-order chi connectivity index (χ0) is 35.7. The molecule has 0 fully saturated rings. The Labute approximate surface area is 285 Å². The Morgan fingerprint density at radius 3 is 2.08 bits per heavy atom. The third kappa shape index (κ3) is 15.6. The zero-order valence-corrected chi connectivity index (χ0v) is 29.0. The van der Waals surface area contributed by atoms with Crippen LogP contribution < -0.4 is 16.0 Å². The molecule has 2 aromatic carbocycles. The summed E-state index contributed by atoms with van der Waals surface area (Å²) < 4.78 is 23.5. The van der Waals surface area contributed by atoms with Gasteiger partial charge < -0.3 is 25.4 Å². The molecule has 0 radical (unpaired) electrons. The lowest BCUT2D eigenvalue weighted by atomic mass is 9.93. The fraction of sp³-hybridized carbons (Fsp3) is 0.486. The Hall–Kier alpha value is -4.26. The molecule has 0 spiro atoms. The molecule has 0 aliphatic heterocycles. The molecule has 0 saturated heterocycles. The summed E-state index contributed by atoms with van der Waals surface area (Å²) in [5.74, 6) is -2.92. The van der Waals surface area contributed by atoms with E-state index in [1.165, 1.54) is 31.4 Å². The number of Topliss-reactive ketones (excluding diaryl/α,β-unsaturated/α-hetero) is 2. The Kier molecular flexibility index (Phi) is 16.8. The highest BCUT2D eigenvalue weighted by Gasteiger charge is 2.29. The van der Waals surface area contributed by atoms with Crippen molar-refractivity contribution in [1.29, 1.82) is 0 Å². The first-order valence-electron chi connectivity index (χ1n) is 15.7. The summed E-state index contributed by atoms with van der Waals surface area (Å²) in [5.41, 5.74) is 0.556. The van der Waals surface area contributed by atoms with E-state index >= 15 is 0 Å². The Bertz CT molecular complexity index is 1380. The van der Waals surface area contributed by atoms with E-state index in [1.807, 2.05) is 36.6 Å². The van der Waals surface area contributed by atoms with Crippen LogP contribution in [0.25, 0.3) is 0 Å². The maximum absolute atomic E-state index is 13.4. The highest BCUT2D eigenvalue weighted by atomic mass is 32.2. The number of ether oxygens (including phenoxy) is 2. The van der Waals surface area contributed by atoms with Crippen LogP contribution in [0.2, 0.25) is 0 Å². The molecule has 2 unspecified atom stereocenters. The topological polar surface area (TPSA) is 157 Å². The molecule has 0 heterocycles. The first kappa shape index (κ1) is 39.9. The van der Waals surface area contributed by atoms with E-state index in [2.05, 4.69) is 16.0 Å². The van der Waals surface area contributed by atoms with Crippen molar-refractivity contribution in [2.24, 2.45) is 5.92 Å². The van der Waals surface area contributed by atoms with Crippen LogP contribution in [0.4, 0.5) is 9.18 Å². The molecule has 0 aliphatic carbocycles. The number of carbonyl (C=O) groups is 6. The van der Waals surface area contributed by atoms with Gasteiger partial charge in [-0.05, 0) is 68.9 Å². The summed E-state index contributed by atoms with van der Waals surface area (Å²) in [6, 6.07) is 12.5. The number of hydrogen-bond acceptors (Lipinski definition) is 9. The van der Waals surface area contributed by atoms with Crippen molar-refractivity contribution >= 4 is 47.2 Å². The average Bonchev–Trinajstić information content (AvgIpc) is 3.04. The van der Waals surface area contributed by atoms with E-state index < -0.39 is 65.6 Å². The number of esters is 1. The molecule has 262 valence electrons. The predicted octanol–water partition coefficient (Wildman–Crippen LogP) is 3.96. The van der Waals surface area contributed by atoms with Crippen LogP contribution in [0.5, 0.6) is 0 Å². The lowest BCUT2D eigenvalue weighted by Gasteiger charge is -2.23. The van der Waals surface area contributed by atoms with Crippen molar-refractivity contribution in [2.45, 2.75) is 77.0 Å². The number of nitrogens with one attached hydrogen (secondary N) is 3. The van der Waals surface area contributed by atoms with Crippen molar-refractivity contribution in [3.05, 3.63) is 71.5 Å². The van der Waals surface area contributed by atoms with Crippen molar-refractivity contribution in [2.75, 3.05) is 25.7 Å². The molecule has 48 heavy (non-hydrogen) atoms. The van der Waals surface area contributed by atoms with Crippen LogP contribution >= 0.6 is 11.8 Å². The van der Waals surface area contributed by atoms with E-state index in [-0.39, 0.29) is 37.9 Å². The standard InChI is InChI=1S/C35H46FN3O8S/c1-35(2,3)47-34(45)39-29(20-24-11-13-26(36)14-12-24)32(43)37-22-27(40)15-16-31(42)38-28(19-23-9-7-6-8-10-23)30(41)21-25(17-18-48-5)33(44)46-4/h6-14,25,28-29H,15-22H2,1-5H3,(H,37,43)(H,38,42)(H,39,45)/t25?,28?,29-/m1/s1. The first-order valence-corrected chi connectivity index (χ1v) is 17.1. The number of methoxy groups -OCH3 is 1. The van der Waals surface area contributed by atoms with Crippen LogP contribution in [0, 0.1) is 11.7 Å². The molecule has 0 aliphatic rings. The van der Waals surface area contributed by atoms with Gasteiger partial charge in [0.05, 0.1) is 25.6 Å². The number of ketones is 2. The minimum absolute atomic E-state index is 0.00685. The van der Waals surface area contributed by atoms with E-state index in [1.54, 1.807) is 32.5 Å². The first-order chi connectivity index (χ1) is 22.7. The van der Waals surface area contributed by atoms with Crippen molar-refractivity contribution < 1.29 is 42.6 Å². The number of alkyl carbamates (subject to hydrolysis) is 1. The summed E-state index contributed by atoms with van der Waals surface area (Å²) in [6.45, 7) is 4.59. The van der Waals surface area contributed by atoms with Gasteiger partial charge in [0.15, 0.2) is 11.6 Å². The van der Waals surface area contributed by atoms with E-state index in [9.17, 15) is 33.2 Å². The van der Waals surface area contributed by atoms with Crippen molar-refractivity contribution in [1.82, 2.24) is 16.0 Å². The molecule has 11 nitrogen and oxygen atoms in total. The summed E-state index contributed by atoms with van der Waals surface area (Å²) >= 11 is 1.54. The van der Waals surface area contributed by atoms with E-state index in [0.29, 0.717) is 17.7 Å². The minimum Gasteiger partial charge on any atom is -0.469 e. The Balaban J connectivity index is 2.01. The number of rotatable bonds is 19. The van der Waals surface area contributed by atoms with Gasteiger partial charge in [0, 0.05) is 25.7 Å². The molecular formula is C35H46FN3O8S. The van der Waals surface area contributed by atoms with Crippen LogP contribution in [0.3, 0.4) is 0 Å². The van der Waals surface area contributed by atoms with Crippen molar-refractivity contribution in [3.8, 4) is 0 Å². The lowest BCUT2D eigenvalue weighted by molar-refractivity contribution is -0.147. The molecule has 2 rings (SSSR count). The summed E-state index contributed by atoms with van der Waals surface area (Å²) in [7, 11) is 1.27. The molecule has 13 heteroatoms. The quantitative estimate of drug-likeness (QED) is 0.186. The second-order valence-electron chi connectivity index (χ2n) is 12.3. The molecule has 3 atom stereocenters. The Morgan fingerprint density at radius 1 is 0.854 bits per heavy atom. The third-order valence-corrected chi connectivity index (χ3v) is 7.75. The SMILES string of the molecule is COC(=O)C(CCSC)CC(=O)C(Cc1ccccc1)NC(=O)CCC(=O)CNC(=O)[C@@H](Cc1ccc(F)cc1)NC(=O)OC(C)(C)C. The van der Waals surface area contributed by atoms with Crippen LogP contribution in [-0.2, 0) is 46.3 Å². The fourth-order valence-electron chi connectivity index (χ4n) is 4.64. The normalized spacial score (nSPS) is 13.0. The molecule has 0 saturated carbocycles. The van der Waals surface area contributed by atoms with Gasteiger partial charge in [0.25, 0.3) is 0 Å². The fourth-order valence-corrected chi connectivity index (χ4v) is 5.16. The number of benzene rings is 2. The predicted molar refractivity (Wildman–Crippen MR) is 181 cm³/mol. The molecule has 2 aromatic rings. The highest BCUT2D eigenvalue weighted by Crippen LogP contribution is 2.17. The molecule has 0 bridgehead atoms. The molecular weight excluding hydrogens is 641 g/mol. The molecule has 3 amide bonds. The average molecular weight is 688 g/mol. The molecule has 3 N–H and O–H groups in total. The zero-order valence-electron chi connectivity index (χ0n) is 28.1. The van der Waals surface area contributed by atoms with Gasteiger partial charge >= 0.3 is 12.1 Å². The number of thioether (sulfide) groups is 1. The van der Waals surface area contributed by atoms with Gasteiger partial charge in [-0.2, -0.15) is 11.8 Å². The largest absolute Gasteiger partial charge is 0.469 e. The smallest absolute Gasteiger partial charge is 0.408 e. The van der Waals surface area contributed by atoms with Gasteiger partial charge in [-0.1, -0.05) is 42.5 Å². The van der Waals surface area contributed by atoms with Crippen LogP contribution in [-0.4, -0.2) is 78.8 Å². The number of hydrogen-bond donors (Lipinski definition) is 3. The third-order valence-electron chi connectivity index (χ3n) is 7.11. The van der Waals surface area contributed by atoms with E-state index in [4.69, 9.17) is 9.47 Å². The van der Waals surface area contributed by atoms with Crippen LogP contribution in [0.1, 0.15) is 57.6 Å². The maximum atomic E-state index is 13.4. The Morgan fingerprint density at radius 2 is 1.48 bits per heavy atom. The van der Waals surface area contributed by atoms with Crippen molar-refractivity contribution in [3.63, 3.8) is 0 Å². The monoisotopic (exact) mass is 687 g/mol. The van der Waals surface area contributed by atoms with Gasteiger partial charge in [-0.25, -0.2) is 9.18 Å². The maximum Gasteiger partial charge on any atom is 0.408 e. The minimum atomic E-state index is -1.13. The lowest BCUT2D eigenvalue weighted by Crippen LogP contribution is -2.50. The van der Waals surface area contributed by atoms with Gasteiger partial charge in [0.2, 0.25) is 11.8 Å². The molecule has 0 aromatic heterocycles. The van der Waals surface area contributed by atoms with Gasteiger partial charge in [-0.15, -0.1) is 0 Å². The number of carbonyl (C=O) groups excluding carboxylic acids is 6. The summed E-state index contributed by atoms with van der Waals surface area (Å²) in [6.07, 6.45) is 1.15. The number of amides is 3. The summed E-state index contributed by atoms with van der Waals surface area (Å²) in [4.78, 5) is 76.7. The van der Waals surface area contributed by atoms with Crippen LogP contribution in [0.15, 0.2) is 54.6 Å². The van der Waals surface area contributed by atoms with E-state index in [0.717, 1.165) is 5.56 Å². The second-order valence-corrected chi connectivity index (χ2v) is 13.3.